The van der Waals surface area contributed by atoms with Gasteiger partial charge >= 0.3 is 0 Å². The highest BCUT2D eigenvalue weighted by Crippen LogP contribution is 2.13. The molecule has 0 saturated heterocycles. The van der Waals surface area contributed by atoms with Crippen molar-refractivity contribution in [3.63, 3.8) is 0 Å². The minimum absolute atomic E-state index is 0.0801. The van der Waals surface area contributed by atoms with Crippen molar-refractivity contribution in [3.05, 3.63) is 11.8 Å². The Bertz CT molecular complexity index is 382. The van der Waals surface area contributed by atoms with E-state index in [2.05, 4.69) is 5.10 Å². The van der Waals surface area contributed by atoms with E-state index in [-0.39, 0.29) is 5.03 Å². The van der Waals surface area contributed by atoms with Crippen LogP contribution in [0.15, 0.2) is 11.1 Å². The van der Waals surface area contributed by atoms with Crippen molar-refractivity contribution in [1.29, 1.82) is 0 Å². The Morgan fingerprint density at radius 1 is 1.67 bits per heavy atom. The number of rotatable bonds is 2. The lowest BCUT2D eigenvalue weighted by Crippen LogP contribution is -2.00. The molecule has 0 atom stereocenters. The molecule has 1 heterocycles. The minimum atomic E-state index is -3.67. The van der Waals surface area contributed by atoms with Gasteiger partial charge in [-0.05, 0) is 19.9 Å². The zero-order chi connectivity index (χ0) is 9.35. The van der Waals surface area contributed by atoms with Crippen molar-refractivity contribution in [2.45, 2.75) is 25.4 Å². The maximum Gasteiger partial charge on any atom is 0.280 e. The zero-order valence-corrected chi connectivity index (χ0v) is 8.35. The van der Waals surface area contributed by atoms with Crippen LogP contribution in [0.1, 0.15) is 12.6 Å². The average Bonchev–Trinajstić information content (AvgIpc) is 2.29. The predicted octanol–water partition coefficient (Wildman–Crippen LogP) is 1.14. The lowest BCUT2D eigenvalue weighted by atomic mass is 10.5. The summed E-state index contributed by atoms with van der Waals surface area (Å²) in [6, 6.07) is 1.45. The number of hydrogen-bond acceptors (Lipinski definition) is 3. The van der Waals surface area contributed by atoms with Crippen LogP contribution in [-0.2, 0) is 15.6 Å². The lowest BCUT2D eigenvalue weighted by Gasteiger charge is -1.95. The number of aryl methyl sites for hydroxylation is 2. The maximum absolute atomic E-state index is 10.8. The smallest absolute Gasteiger partial charge is 0.269 e. The van der Waals surface area contributed by atoms with Crippen molar-refractivity contribution in [1.82, 2.24) is 9.78 Å². The molecule has 4 nitrogen and oxygen atoms in total. The molecule has 68 valence electrons. The molecular weight excluding hydrogens is 200 g/mol. The van der Waals surface area contributed by atoms with Gasteiger partial charge < -0.3 is 0 Å². The number of hydrogen-bond donors (Lipinski definition) is 0. The molecule has 6 heteroatoms. The standard InChI is InChI=1S/C6H9ClN2O2S/c1-3-9-5(2)4-6(8-9)12(7,10)11/h4H,3H2,1-2H3. The molecule has 0 bridgehead atoms. The molecule has 0 aliphatic carbocycles. The largest absolute Gasteiger partial charge is 0.280 e. The molecule has 0 saturated carbocycles. The van der Waals surface area contributed by atoms with Crippen LogP contribution in [0.2, 0.25) is 0 Å². The van der Waals surface area contributed by atoms with Gasteiger partial charge in [0.25, 0.3) is 9.05 Å². The summed E-state index contributed by atoms with van der Waals surface area (Å²) in [6.45, 7) is 4.30. The van der Waals surface area contributed by atoms with Gasteiger partial charge in [0.15, 0.2) is 5.03 Å². The fraction of sp³-hybridized carbons (Fsp3) is 0.500. The van der Waals surface area contributed by atoms with Crippen molar-refractivity contribution < 1.29 is 8.42 Å². The van der Waals surface area contributed by atoms with Crippen LogP contribution in [0.3, 0.4) is 0 Å². The molecule has 1 aromatic rings. The molecular formula is C6H9ClN2O2S. The second kappa shape index (κ2) is 3.06. The van der Waals surface area contributed by atoms with E-state index >= 15 is 0 Å². The predicted molar refractivity (Wildman–Crippen MR) is 45.7 cm³/mol. The highest BCUT2D eigenvalue weighted by atomic mass is 35.7. The molecule has 0 aromatic carbocycles. The van der Waals surface area contributed by atoms with Crippen LogP contribution >= 0.6 is 10.7 Å². The van der Waals surface area contributed by atoms with Gasteiger partial charge in [0.1, 0.15) is 0 Å². The third-order valence-electron chi connectivity index (χ3n) is 1.51. The van der Waals surface area contributed by atoms with E-state index in [9.17, 15) is 8.42 Å². The van der Waals surface area contributed by atoms with Crippen LogP contribution < -0.4 is 0 Å². The van der Waals surface area contributed by atoms with Crippen LogP contribution in [0.25, 0.3) is 0 Å². The summed E-state index contributed by atoms with van der Waals surface area (Å²) in [4.78, 5) is 0. The zero-order valence-electron chi connectivity index (χ0n) is 6.78. The first kappa shape index (κ1) is 9.54. The van der Waals surface area contributed by atoms with Gasteiger partial charge in [-0.15, -0.1) is 0 Å². The normalized spacial score (nSPS) is 11.9. The van der Waals surface area contributed by atoms with Crippen molar-refractivity contribution >= 4 is 19.7 Å². The second-order valence-corrected chi connectivity index (χ2v) is 4.89. The first-order chi connectivity index (χ1) is 5.45. The lowest BCUT2D eigenvalue weighted by molar-refractivity contribution is 0.590. The van der Waals surface area contributed by atoms with E-state index in [1.807, 2.05) is 6.92 Å². The van der Waals surface area contributed by atoms with Crippen molar-refractivity contribution in [3.8, 4) is 0 Å². The molecule has 0 amide bonds. The third kappa shape index (κ3) is 1.78. The molecule has 0 fully saturated rings. The summed E-state index contributed by atoms with van der Waals surface area (Å²) in [5.41, 5.74) is 0.789. The molecule has 0 radical (unpaired) electrons. The summed E-state index contributed by atoms with van der Waals surface area (Å²) in [5, 5.41) is 3.72. The van der Waals surface area contributed by atoms with Crippen LogP contribution in [-0.4, -0.2) is 18.2 Å². The Labute approximate surface area is 75.6 Å². The Morgan fingerprint density at radius 3 is 2.50 bits per heavy atom. The SMILES string of the molecule is CCn1nc(S(=O)(=O)Cl)cc1C. The molecule has 0 aliphatic rings. The van der Waals surface area contributed by atoms with Gasteiger partial charge in [-0.25, -0.2) is 8.42 Å². The van der Waals surface area contributed by atoms with E-state index in [0.29, 0.717) is 6.54 Å². The number of aromatic nitrogens is 2. The molecule has 1 aromatic heterocycles. The topological polar surface area (TPSA) is 52.0 Å². The first-order valence-corrected chi connectivity index (χ1v) is 5.75. The second-order valence-electron chi connectivity index (χ2n) is 2.38. The molecule has 1 rings (SSSR count). The Balaban J connectivity index is 3.23. The summed E-state index contributed by atoms with van der Waals surface area (Å²) in [6.07, 6.45) is 0. The fourth-order valence-electron chi connectivity index (χ4n) is 0.919. The third-order valence-corrected chi connectivity index (χ3v) is 2.68. The Kier molecular flexibility index (Phi) is 2.44. The van der Waals surface area contributed by atoms with Crippen LogP contribution in [0.4, 0.5) is 0 Å². The Morgan fingerprint density at radius 2 is 2.25 bits per heavy atom. The van der Waals surface area contributed by atoms with Gasteiger partial charge in [0.2, 0.25) is 0 Å². The first-order valence-electron chi connectivity index (χ1n) is 3.44. The molecule has 0 unspecified atom stereocenters. The molecule has 0 N–H and O–H groups in total. The van der Waals surface area contributed by atoms with Crippen molar-refractivity contribution in [2.75, 3.05) is 0 Å². The molecule has 0 spiro atoms. The molecule has 12 heavy (non-hydrogen) atoms. The van der Waals surface area contributed by atoms with E-state index in [1.54, 1.807) is 11.6 Å². The number of halogens is 1. The monoisotopic (exact) mass is 208 g/mol. The van der Waals surface area contributed by atoms with Gasteiger partial charge in [0, 0.05) is 22.9 Å². The quantitative estimate of drug-likeness (QED) is 0.685. The summed E-state index contributed by atoms with van der Waals surface area (Å²) in [7, 11) is 1.42. The average molecular weight is 209 g/mol. The van der Waals surface area contributed by atoms with E-state index in [1.165, 1.54) is 6.07 Å². The van der Waals surface area contributed by atoms with Gasteiger partial charge in [-0.3, -0.25) is 4.68 Å². The highest BCUT2D eigenvalue weighted by Gasteiger charge is 2.15. The molecule has 0 aliphatic heterocycles. The minimum Gasteiger partial charge on any atom is -0.269 e. The van der Waals surface area contributed by atoms with Crippen LogP contribution in [0.5, 0.6) is 0 Å². The fourth-order valence-corrected chi connectivity index (χ4v) is 1.65. The Hall–Kier alpha value is -0.550. The summed E-state index contributed by atoms with van der Waals surface area (Å²) < 4.78 is 23.2. The van der Waals surface area contributed by atoms with E-state index in [4.69, 9.17) is 10.7 Å². The van der Waals surface area contributed by atoms with Gasteiger partial charge in [-0.1, -0.05) is 0 Å². The van der Waals surface area contributed by atoms with E-state index in [0.717, 1.165) is 5.69 Å². The number of nitrogens with zero attached hydrogens (tertiary/aromatic N) is 2. The van der Waals surface area contributed by atoms with Crippen LogP contribution in [0, 0.1) is 6.92 Å². The highest BCUT2D eigenvalue weighted by molar-refractivity contribution is 8.13. The summed E-state index contributed by atoms with van der Waals surface area (Å²) in [5.74, 6) is 0. The van der Waals surface area contributed by atoms with Gasteiger partial charge in [0.05, 0.1) is 0 Å². The summed E-state index contributed by atoms with van der Waals surface area (Å²) >= 11 is 0. The maximum atomic E-state index is 10.8. The van der Waals surface area contributed by atoms with E-state index < -0.39 is 9.05 Å². The van der Waals surface area contributed by atoms with Crippen molar-refractivity contribution in [2.24, 2.45) is 0 Å². The van der Waals surface area contributed by atoms with Gasteiger partial charge in [-0.2, -0.15) is 5.10 Å².